The average Bonchev–Trinajstić information content (AvgIpc) is 2.63. The van der Waals surface area contributed by atoms with Gasteiger partial charge in [-0.2, -0.15) is 0 Å². The number of fused-ring (bicyclic) bond motifs is 1. The molecule has 0 aliphatic carbocycles. The number of aromatic nitrogens is 3. The molecule has 0 aliphatic rings. The van der Waals surface area contributed by atoms with Gasteiger partial charge in [0.2, 0.25) is 0 Å². The number of anilines is 1. The van der Waals surface area contributed by atoms with Crippen molar-refractivity contribution in [1.82, 2.24) is 14.5 Å². The van der Waals surface area contributed by atoms with Gasteiger partial charge in [-0.3, -0.25) is 0 Å². The minimum Gasteiger partial charge on any atom is -0.389 e. The molecule has 2 aromatic heterocycles. The zero-order chi connectivity index (χ0) is 10.8. The summed E-state index contributed by atoms with van der Waals surface area (Å²) in [4.78, 5) is 7.93. The highest BCUT2D eigenvalue weighted by Gasteiger charge is 2.09. The van der Waals surface area contributed by atoms with Crippen molar-refractivity contribution in [3.05, 3.63) is 18.6 Å². The Kier molecular flexibility index (Phi) is 2.51. The fourth-order valence-electron chi connectivity index (χ4n) is 1.43. The summed E-state index contributed by atoms with van der Waals surface area (Å²) in [6.45, 7) is -0.614. The van der Waals surface area contributed by atoms with Crippen LogP contribution < -0.4 is 5.73 Å². The summed E-state index contributed by atoms with van der Waals surface area (Å²) in [6.07, 6.45) is 2.05. The number of imidazole rings is 1. The van der Waals surface area contributed by atoms with E-state index in [0.29, 0.717) is 11.3 Å². The lowest BCUT2D eigenvalue weighted by Crippen LogP contribution is -2.17. The summed E-state index contributed by atoms with van der Waals surface area (Å²) in [6, 6.07) is 1.73. The molecule has 80 valence electrons. The highest BCUT2D eigenvalue weighted by Crippen LogP contribution is 2.16. The summed E-state index contributed by atoms with van der Waals surface area (Å²) in [5, 5.41) is 9.19. The average molecular weight is 210 g/mol. The summed E-state index contributed by atoms with van der Waals surface area (Å²) in [7, 11) is 0. The van der Waals surface area contributed by atoms with Gasteiger partial charge in [-0.15, -0.1) is 0 Å². The normalized spacial score (nSPS) is 13.2. The van der Waals surface area contributed by atoms with E-state index < -0.39 is 12.8 Å². The monoisotopic (exact) mass is 210 g/mol. The second-order valence-corrected chi connectivity index (χ2v) is 3.27. The number of nitrogens with zero attached hydrogens (tertiary/aromatic N) is 3. The molecular formula is C9H11FN4O. The van der Waals surface area contributed by atoms with Crippen molar-refractivity contribution < 1.29 is 9.50 Å². The predicted octanol–water partition coefficient (Wildman–Crippen LogP) is 0.344. The van der Waals surface area contributed by atoms with Crippen LogP contribution in [0.3, 0.4) is 0 Å². The van der Waals surface area contributed by atoms with E-state index in [1.165, 1.54) is 6.33 Å². The second kappa shape index (κ2) is 3.82. The van der Waals surface area contributed by atoms with E-state index >= 15 is 0 Å². The van der Waals surface area contributed by atoms with Crippen LogP contribution in [-0.2, 0) is 6.54 Å². The fraction of sp³-hybridized carbons (Fsp3) is 0.333. The molecule has 2 rings (SSSR count). The molecule has 15 heavy (non-hydrogen) atoms. The van der Waals surface area contributed by atoms with Crippen molar-refractivity contribution >= 4 is 16.9 Å². The van der Waals surface area contributed by atoms with Gasteiger partial charge in [0.05, 0.1) is 18.4 Å². The van der Waals surface area contributed by atoms with Crippen molar-refractivity contribution in [3.63, 3.8) is 0 Å². The molecule has 3 N–H and O–H groups in total. The molecule has 0 saturated heterocycles. The first-order valence-corrected chi connectivity index (χ1v) is 4.51. The smallest absolute Gasteiger partial charge is 0.151 e. The molecule has 1 unspecified atom stereocenters. The van der Waals surface area contributed by atoms with Crippen LogP contribution >= 0.6 is 0 Å². The molecular weight excluding hydrogens is 199 g/mol. The molecule has 0 amide bonds. The Morgan fingerprint density at radius 1 is 1.53 bits per heavy atom. The summed E-state index contributed by atoms with van der Waals surface area (Å²) >= 11 is 0. The number of aliphatic hydroxyl groups excluding tert-OH is 1. The lowest BCUT2D eigenvalue weighted by molar-refractivity contribution is 0.123. The van der Waals surface area contributed by atoms with Crippen LogP contribution in [0.5, 0.6) is 0 Å². The molecule has 0 fully saturated rings. The number of halogens is 1. The summed E-state index contributed by atoms with van der Waals surface area (Å²) in [5.74, 6) is 0.334. The van der Waals surface area contributed by atoms with Gasteiger partial charge in [0.15, 0.2) is 5.82 Å². The third-order valence-corrected chi connectivity index (χ3v) is 2.15. The minimum atomic E-state index is -1.02. The van der Waals surface area contributed by atoms with Crippen molar-refractivity contribution in [2.75, 3.05) is 12.4 Å². The van der Waals surface area contributed by atoms with Crippen LogP contribution in [0.2, 0.25) is 0 Å². The summed E-state index contributed by atoms with van der Waals surface area (Å²) < 4.78 is 13.8. The number of hydrogen-bond donors (Lipinski definition) is 2. The molecule has 1 atom stereocenters. The van der Waals surface area contributed by atoms with Crippen molar-refractivity contribution in [2.24, 2.45) is 0 Å². The third-order valence-electron chi connectivity index (χ3n) is 2.15. The van der Waals surface area contributed by atoms with Crippen LogP contribution in [0.25, 0.3) is 11.0 Å². The maximum Gasteiger partial charge on any atom is 0.151 e. The Balaban J connectivity index is 2.41. The zero-order valence-corrected chi connectivity index (χ0v) is 7.97. The Bertz CT molecular complexity index is 470. The number of hydrogen-bond acceptors (Lipinski definition) is 4. The van der Waals surface area contributed by atoms with E-state index in [1.54, 1.807) is 16.8 Å². The molecule has 2 aromatic rings. The largest absolute Gasteiger partial charge is 0.389 e. The maximum atomic E-state index is 12.1. The van der Waals surface area contributed by atoms with Gasteiger partial charge >= 0.3 is 0 Å². The quantitative estimate of drug-likeness (QED) is 0.766. The van der Waals surface area contributed by atoms with Gasteiger partial charge < -0.3 is 15.4 Å². The Morgan fingerprint density at radius 2 is 2.33 bits per heavy atom. The Hall–Kier alpha value is -1.69. The first-order valence-electron chi connectivity index (χ1n) is 4.51. The molecule has 0 aromatic carbocycles. The molecule has 2 heterocycles. The van der Waals surface area contributed by atoms with Gasteiger partial charge in [0.25, 0.3) is 0 Å². The minimum absolute atomic E-state index is 0.163. The van der Waals surface area contributed by atoms with Crippen LogP contribution in [-0.4, -0.2) is 32.4 Å². The van der Waals surface area contributed by atoms with E-state index in [0.717, 1.165) is 5.52 Å². The van der Waals surface area contributed by atoms with Gasteiger partial charge in [-0.25, -0.2) is 14.4 Å². The third kappa shape index (κ3) is 1.75. The number of aliphatic hydroxyl groups is 1. The topological polar surface area (TPSA) is 77.0 Å². The molecule has 0 radical (unpaired) electrons. The van der Waals surface area contributed by atoms with Crippen LogP contribution in [0.15, 0.2) is 18.6 Å². The van der Waals surface area contributed by atoms with Crippen molar-refractivity contribution in [2.45, 2.75) is 12.6 Å². The number of nitrogen functional groups attached to an aromatic ring is 1. The first-order chi connectivity index (χ1) is 7.22. The van der Waals surface area contributed by atoms with E-state index in [1.807, 2.05) is 0 Å². The predicted molar refractivity (Wildman–Crippen MR) is 53.9 cm³/mol. The fourth-order valence-corrected chi connectivity index (χ4v) is 1.43. The highest BCUT2D eigenvalue weighted by molar-refractivity contribution is 5.84. The van der Waals surface area contributed by atoms with E-state index in [9.17, 15) is 9.50 Å². The lowest BCUT2D eigenvalue weighted by atomic mass is 10.3. The van der Waals surface area contributed by atoms with E-state index in [4.69, 9.17) is 5.73 Å². The summed E-state index contributed by atoms with van der Waals surface area (Å²) in [5.41, 5.74) is 6.93. The lowest BCUT2D eigenvalue weighted by Gasteiger charge is -2.07. The van der Waals surface area contributed by atoms with Crippen LogP contribution in [0, 0.1) is 0 Å². The van der Waals surface area contributed by atoms with Gasteiger partial charge in [-0.1, -0.05) is 0 Å². The molecule has 5 nitrogen and oxygen atoms in total. The SMILES string of the molecule is Nc1nccc2c1ncn2CC(O)CF. The second-order valence-electron chi connectivity index (χ2n) is 3.27. The first kappa shape index (κ1) is 9.85. The molecule has 6 heteroatoms. The molecule has 0 bridgehead atoms. The standard InChI is InChI=1S/C9H11FN4O/c10-3-6(15)4-14-5-13-8-7(14)1-2-12-9(8)11/h1-2,5-6,15H,3-4H2,(H2,11,12). The van der Waals surface area contributed by atoms with Gasteiger partial charge in [0, 0.05) is 6.20 Å². The zero-order valence-electron chi connectivity index (χ0n) is 7.97. The van der Waals surface area contributed by atoms with Crippen molar-refractivity contribution in [3.8, 4) is 0 Å². The van der Waals surface area contributed by atoms with E-state index in [-0.39, 0.29) is 6.54 Å². The molecule has 0 spiro atoms. The maximum absolute atomic E-state index is 12.1. The van der Waals surface area contributed by atoms with Crippen molar-refractivity contribution in [1.29, 1.82) is 0 Å². The number of nitrogens with two attached hydrogens (primary N) is 1. The highest BCUT2D eigenvalue weighted by atomic mass is 19.1. The Labute approximate surface area is 85.4 Å². The van der Waals surface area contributed by atoms with Crippen LogP contribution in [0.1, 0.15) is 0 Å². The molecule has 0 aliphatic heterocycles. The number of rotatable bonds is 3. The van der Waals surface area contributed by atoms with E-state index in [2.05, 4.69) is 9.97 Å². The molecule has 0 saturated carbocycles. The number of pyridine rings is 1. The number of alkyl halides is 1. The Morgan fingerprint density at radius 3 is 3.07 bits per heavy atom. The van der Waals surface area contributed by atoms with Crippen LogP contribution in [0.4, 0.5) is 10.2 Å². The van der Waals surface area contributed by atoms with Gasteiger partial charge in [0.1, 0.15) is 18.3 Å². The van der Waals surface area contributed by atoms with Gasteiger partial charge in [-0.05, 0) is 6.07 Å².